The molecule has 0 aliphatic heterocycles. The van der Waals surface area contributed by atoms with Crippen molar-refractivity contribution in [1.29, 1.82) is 0 Å². The maximum absolute atomic E-state index is 10.9. The Kier molecular flexibility index (Phi) is 13.0. The molecule has 0 rings (SSSR count). The Hall–Kier alpha value is -0.528. The average molecular weight is 492 g/mol. The summed E-state index contributed by atoms with van der Waals surface area (Å²) in [5.74, 6) is 0. The Morgan fingerprint density at radius 2 is 0.667 bits per heavy atom. The summed E-state index contributed by atoms with van der Waals surface area (Å²) in [5.41, 5.74) is -11.3. The molecule has 0 bridgehead atoms. The second kappa shape index (κ2) is 10.3. The molecule has 0 heterocycles. The van der Waals surface area contributed by atoms with E-state index < -0.39 is 49.7 Å². The minimum Gasteiger partial charge on any atom is -0.839 e. The van der Waals surface area contributed by atoms with Crippen LogP contribution in [0.3, 0.4) is 0 Å². The monoisotopic (exact) mass is 492 g/mol. The zero-order valence-electron chi connectivity index (χ0n) is 11.4. The van der Waals surface area contributed by atoms with Gasteiger partial charge in [0.15, 0.2) is 20.2 Å². The van der Waals surface area contributed by atoms with Gasteiger partial charge in [-0.05, 0) is 0 Å². The van der Waals surface area contributed by atoms with Crippen LogP contribution in [0, 0.1) is 0 Å². The molecule has 7 nitrogen and oxygen atoms in total. The average Bonchev–Trinajstić information content (AvgIpc) is 2.21. The van der Waals surface area contributed by atoms with Gasteiger partial charge < -0.3 is 14.2 Å². The molecule has 0 unspecified atom stereocenters. The molecule has 0 radical (unpaired) electrons. The smallest absolute Gasteiger partial charge is 0.839 e. The van der Waals surface area contributed by atoms with Gasteiger partial charge >= 0.3 is 40.7 Å². The molecular formula is C5HAlF12O7S2. The molecule has 162 valence electrons. The molecule has 0 fully saturated rings. The third-order valence-corrected chi connectivity index (χ3v) is 2.30. The largest absolute Gasteiger partial charge is 3.00 e. The molecule has 0 saturated carbocycles. The Morgan fingerprint density at radius 3 is 0.667 bits per heavy atom. The fourth-order valence-electron chi connectivity index (χ4n) is 0.186. The number of rotatable bonds is 0. The van der Waals surface area contributed by atoms with Crippen molar-refractivity contribution in [2.45, 2.75) is 29.5 Å². The van der Waals surface area contributed by atoms with Gasteiger partial charge in [-0.3, -0.25) is 0 Å². The molecular weight excluding hydrogens is 491 g/mol. The Bertz CT molecular complexity index is 571. The molecule has 0 aromatic heterocycles. The molecule has 0 aliphatic carbocycles. The van der Waals surface area contributed by atoms with E-state index >= 15 is 0 Å². The van der Waals surface area contributed by atoms with Gasteiger partial charge in [0.05, 0.1) is 6.10 Å². The summed E-state index contributed by atoms with van der Waals surface area (Å²) in [5, 5.41) is 9.32. The topological polar surface area (TPSA) is 137 Å². The van der Waals surface area contributed by atoms with E-state index in [4.69, 9.17) is 25.9 Å². The van der Waals surface area contributed by atoms with Gasteiger partial charge in [-0.25, -0.2) is 16.8 Å². The summed E-state index contributed by atoms with van der Waals surface area (Å²) in [6, 6.07) is 0. The maximum Gasteiger partial charge on any atom is 3.00 e. The Balaban J connectivity index is -0.000000146. The molecule has 0 atom stereocenters. The van der Waals surface area contributed by atoms with E-state index in [-0.39, 0.29) is 17.4 Å². The zero-order chi connectivity index (χ0) is 22.6. The van der Waals surface area contributed by atoms with Crippen molar-refractivity contribution >= 4 is 37.6 Å². The van der Waals surface area contributed by atoms with Crippen LogP contribution in [0.2, 0.25) is 0 Å². The number of hydrogen-bond donors (Lipinski definition) is 0. The van der Waals surface area contributed by atoms with Crippen LogP contribution in [0.4, 0.5) is 52.7 Å². The molecule has 0 aromatic rings. The van der Waals surface area contributed by atoms with Crippen molar-refractivity contribution in [2.75, 3.05) is 0 Å². The molecule has 0 saturated heterocycles. The van der Waals surface area contributed by atoms with Gasteiger partial charge in [0.2, 0.25) is 0 Å². The van der Waals surface area contributed by atoms with Crippen LogP contribution in [0.15, 0.2) is 0 Å². The summed E-state index contributed by atoms with van der Waals surface area (Å²) in [4.78, 5) is 0. The van der Waals surface area contributed by atoms with Crippen molar-refractivity contribution < 1.29 is 83.7 Å². The summed E-state index contributed by atoms with van der Waals surface area (Å²) in [6.45, 7) is 0. The van der Waals surface area contributed by atoms with Crippen LogP contribution in [0.5, 0.6) is 0 Å². The first-order valence-corrected chi connectivity index (χ1v) is 7.31. The Morgan fingerprint density at radius 1 is 0.556 bits per heavy atom. The van der Waals surface area contributed by atoms with Crippen LogP contribution in [-0.2, 0) is 20.2 Å². The van der Waals surface area contributed by atoms with Crippen LogP contribution in [0.1, 0.15) is 0 Å². The van der Waals surface area contributed by atoms with Crippen molar-refractivity contribution in [3.05, 3.63) is 0 Å². The van der Waals surface area contributed by atoms with Crippen LogP contribution >= 0.6 is 0 Å². The SMILES string of the molecule is O=S(=O)([O-])C(F)(F)F.O=S(=O)([O-])C(F)(F)F.[Al+3].[O-]C(C(F)(F)F)C(F)(F)F. The quantitative estimate of drug-likeness (QED) is 0.209. The van der Waals surface area contributed by atoms with Gasteiger partial charge in [0.1, 0.15) is 0 Å². The first-order chi connectivity index (χ1) is 10.7. The zero-order valence-corrected chi connectivity index (χ0v) is 14.2. The molecule has 22 heteroatoms. The molecule has 0 aromatic carbocycles. The Labute approximate surface area is 151 Å². The summed E-state index contributed by atoms with van der Waals surface area (Å²) >= 11 is 0. The van der Waals surface area contributed by atoms with Crippen LogP contribution in [0.25, 0.3) is 0 Å². The van der Waals surface area contributed by atoms with Crippen LogP contribution < -0.4 is 5.11 Å². The maximum atomic E-state index is 10.9. The fourth-order valence-corrected chi connectivity index (χ4v) is 0.186. The third-order valence-electron chi connectivity index (χ3n) is 1.16. The van der Waals surface area contributed by atoms with Gasteiger partial charge in [0, 0.05) is 0 Å². The van der Waals surface area contributed by atoms with E-state index in [1.165, 1.54) is 0 Å². The third kappa shape index (κ3) is 16.2. The number of halogens is 12. The minimum atomic E-state index is -6.09. The minimum absolute atomic E-state index is 0. The molecule has 0 N–H and O–H groups in total. The second-order valence-corrected chi connectivity index (χ2v) is 6.01. The molecule has 0 aliphatic rings. The van der Waals surface area contributed by atoms with Crippen molar-refractivity contribution in [2.24, 2.45) is 0 Å². The number of hydrogen-bond acceptors (Lipinski definition) is 7. The fraction of sp³-hybridized carbons (Fsp3) is 1.00. The summed E-state index contributed by atoms with van der Waals surface area (Å²) in [7, 11) is -12.2. The van der Waals surface area contributed by atoms with Crippen molar-refractivity contribution in [1.82, 2.24) is 0 Å². The van der Waals surface area contributed by atoms with E-state index in [9.17, 15) is 57.8 Å². The van der Waals surface area contributed by atoms with Gasteiger partial charge in [-0.1, -0.05) is 0 Å². The first-order valence-electron chi connectivity index (χ1n) is 4.49. The summed E-state index contributed by atoms with van der Waals surface area (Å²) < 4.78 is 183. The van der Waals surface area contributed by atoms with E-state index in [0.29, 0.717) is 0 Å². The second-order valence-electron chi connectivity index (χ2n) is 3.26. The molecule has 27 heavy (non-hydrogen) atoms. The van der Waals surface area contributed by atoms with Gasteiger partial charge in [-0.15, -0.1) is 0 Å². The van der Waals surface area contributed by atoms with Gasteiger partial charge in [0.25, 0.3) is 0 Å². The van der Waals surface area contributed by atoms with E-state index in [1.807, 2.05) is 0 Å². The standard InChI is InChI=1S/C3HF6O.2CHF3O3S.Al/c4-2(5,6)1(10)3(7,8)9;2*2-1(3,4)8(5,6)7;/h1H;2*(H,5,6,7);/q-1;;;+3/p-2. The van der Waals surface area contributed by atoms with E-state index in [1.54, 1.807) is 0 Å². The van der Waals surface area contributed by atoms with Crippen molar-refractivity contribution in [3.8, 4) is 0 Å². The van der Waals surface area contributed by atoms with Crippen molar-refractivity contribution in [3.63, 3.8) is 0 Å². The molecule has 0 amide bonds. The normalized spacial score (nSPS) is 13.6. The predicted octanol–water partition coefficient (Wildman–Crippen LogP) is 0.562. The van der Waals surface area contributed by atoms with Crippen LogP contribution in [-0.4, -0.2) is 72.8 Å². The molecule has 0 spiro atoms. The number of alkyl halides is 12. The van der Waals surface area contributed by atoms with E-state index in [0.717, 1.165) is 0 Å². The van der Waals surface area contributed by atoms with E-state index in [2.05, 4.69) is 0 Å². The summed E-state index contributed by atoms with van der Waals surface area (Å²) in [6.07, 6.45) is -16.0. The predicted molar refractivity (Wildman–Crippen MR) is 53.2 cm³/mol. The first kappa shape index (κ1) is 34.0. The van der Waals surface area contributed by atoms with Gasteiger partial charge in [-0.2, -0.15) is 52.7 Å².